The summed E-state index contributed by atoms with van der Waals surface area (Å²) >= 11 is 1.11. The van der Waals surface area contributed by atoms with Gasteiger partial charge in [0.25, 0.3) is 0 Å². The number of hydrogen-bond donors (Lipinski definition) is 2. The van der Waals surface area contributed by atoms with Gasteiger partial charge in [-0.3, -0.25) is 4.99 Å². The minimum absolute atomic E-state index is 0.349. The predicted molar refractivity (Wildman–Crippen MR) is 106 cm³/mol. The molecule has 3 rings (SSSR count). The number of ether oxygens (including phenoxy) is 3. The highest BCUT2D eigenvalue weighted by Crippen LogP contribution is 2.41. The lowest BCUT2D eigenvalue weighted by Crippen LogP contribution is -2.61. The SMILES string of the molecule is COc1ccc(CO[C@H](C2O[C@@H]3SC(N(C)C)=N[C@@H]3[C@@H](O)[C@@H]2O)C(F)(F)F)cc1C. The lowest BCUT2D eigenvalue weighted by Gasteiger charge is -2.41. The minimum atomic E-state index is -4.81. The number of hydrogen-bond acceptors (Lipinski definition) is 8. The lowest BCUT2D eigenvalue weighted by atomic mass is 9.94. The van der Waals surface area contributed by atoms with Crippen LogP contribution in [-0.2, 0) is 16.1 Å². The second-order valence-electron chi connectivity index (χ2n) is 7.44. The van der Waals surface area contributed by atoms with Crippen LogP contribution in [0.5, 0.6) is 5.75 Å². The Morgan fingerprint density at radius 3 is 2.53 bits per heavy atom. The van der Waals surface area contributed by atoms with Crippen LogP contribution in [0, 0.1) is 6.92 Å². The third-order valence-electron chi connectivity index (χ3n) is 4.98. The number of halogens is 3. The topological polar surface area (TPSA) is 83.8 Å². The zero-order valence-electron chi connectivity index (χ0n) is 17.0. The van der Waals surface area contributed by atoms with E-state index in [-0.39, 0.29) is 6.61 Å². The van der Waals surface area contributed by atoms with Gasteiger partial charge in [0.15, 0.2) is 11.3 Å². The first-order valence-electron chi connectivity index (χ1n) is 9.28. The van der Waals surface area contributed by atoms with E-state index in [1.54, 1.807) is 44.1 Å². The number of aliphatic imine (C=N–C) groups is 1. The third kappa shape index (κ3) is 4.70. The molecule has 2 heterocycles. The van der Waals surface area contributed by atoms with E-state index in [0.717, 1.165) is 17.3 Å². The summed E-state index contributed by atoms with van der Waals surface area (Å²) in [5.74, 6) is 0.612. The number of methoxy groups -OCH3 is 1. The maximum atomic E-state index is 13.8. The van der Waals surface area contributed by atoms with Gasteiger partial charge < -0.3 is 29.3 Å². The summed E-state index contributed by atoms with van der Waals surface area (Å²) in [4.78, 5) is 5.92. The lowest BCUT2D eigenvalue weighted by molar-refractivity contribution is -0.286. The zero-order chi connectivity index (χ0) is 22.2. The van der Waals surface area contributed by atoms with Crippen molar-refractivity contribution in [2.45, 2.75) is 55.6 Å². The number of alkyl halides is 3. The van der Waals surface area contributed by atoms with Crippen molar-refractivity contribution in [3.63, 3.8) is 0 Å². The second kappa shape index (κ2) is 8.91. The Balaban J connectivity index is 1.77. The molecule has 0 saturated carbocycles. The molecule has 2 N–H and O–H groups in total. The van der Waals surface area contributed by atoms with Crippen LogP contribution in [0.1, 0.15) is 11.1 Å². The molecule has 11 heteroatoms. The first-order valence-corrected chi connectivity index (χ1v) is 10.2. The zero-order valence-corrected chi connectivity index (χ0v) is 17.8. The van der Waals surface area contributed by atoms with Gasteiger partial charge in [-0.05, 0) is 24.1 Å². The van der Waals surface area contributed by atoms with Crippen LogP contribution in [0.4, 0.5) is 13.2 Å². The highest BCUT2D eigenvalue weighted by Gasteiger charge is 2.57. The summed E-state index contributed by atoms with van der Waals surface area (Å²) in [5, 5.41) is 21.3. The molecular formula is C19H25F3N2O5S. The van der Waals surface area contributed by atoms with Gasteiger partial charge in [0, 0.05) is 14.1 Å². The Hall–Kier alpha value is -1.53. The maximum absolute atomic E-state index is 13.8. The molecule has 7 nitrogen and oxygen atoms in total. The number of nitrogens with zero attached hydrogens (tertiary/aromatic N) is 2. The molecule has 0 radical (unpaired) electrons. The van der Waals surface area contributed by atoms with Crippen LogP contribution >= 0.6 is 11.8 Å². The van der Waals surface area contributed by atoms with Gasteiger partial charge in [0.05, 0.1) is 13.7 Å². The van der Waals surface area contributed by atoms with Gasteiger partial charge in [-0.25, -0.2) is 0 Å². The first-order chi connectivity index (χ1) is 14.0. The molecule has 0 amide bonds. The quantitative estimate of drug-likeness (QED) is 0.709. The molecule has 1 saturated heterocycles. The average molecular weight is 450 g/mol. The van der Waals surface area contributed by atoms with Crippen molar-refractivity contribution < 1.29 is 37.6 Å². The van der Waals surface area contributed by atoms with Crippen molar-refractivity contribution >= 4 is 16.9 Å². The van der Waals surface area contributed by atoms with Crippen LogP contribution in [0.2, 0.25) is 0 Å². The van der Waals surface area contributed by atoms with Crippen LogP contribution in [0.25, 0.3) is 0 Å². The number of fused-ring (bicyclic) bond motifs is 1. The number of amidine groups is 1. The van der Waals surface area contributed by atoms with Crippen LogP contribution in [0.15, 0.2) is 23.2 Å². The smallest absolute Gasteiger partial charge is 0.417 e. The molecule has 6 atom stereocenters. The van der Waals surface area contributed by atoms with E-state index in [4.69, 9.17) is 14.2 Å². The van der Waals surface area contributed by atoms with Gasteiger partial charge in [-0.15, -0.1) is 0 Å². The van der Waals surface area contributed by atoms with Gasteiger partial charge in [0.1, 0.15) is 35.5 Å². The Labute approximate surface area is 176 Å². The summed E-state index contributed by atoms with van der Waals surface area (Å²) in [5.41, 5.74) is 0.423. The van der Waals surface area contributed by atoms with Crippen LogP contribution in [0.3, 0.4) is 0 Å². The van der Waals surface area contributed by atoms with E-state index in [1.807, 2.05) is 0 Å². The summed E-state index contributed by atoms with van der Waals surface area (Å²) in [7, 11) is 4.95. The molecule has 0 bridgehead atoms. The van der Waals surface area contributed by atoms with Crippen molar-refractivity contribution in [3.8, 4) is 5.75 Å². The molecule has 1 unspecified atom stereocenters. The summed E-state index contributed by atoms with van der Waals surface area (Å²) in [6.45, 7) is 1.42. The van der Waals surface area contributed by atoms with Crippen molar-refractivity contribution in [2.24, 2.45) is 4.99 Å². The van der Waals surface area contributed by atoms with E-state index >= 15 is 0 Å². The normalized spacial score (nSPS) is 29.9. The van der Waals surface area contributed by atoms with E-state index in [1.165, 1.54) is 7.11 Å². The molecular weight excluding hydrogens is 425 g/mol. The van der Waals surface area contributed by atoms with Gasteiger partial charge >= 0.3 is 6.18 Å². The summed E-state index contributed by atoms with van der Waals surface area (Å²) in [6.07, 6.45) is -12.3. The fraction of sp³-hybridized carbons (Fsp3) is 0.632. The Bertz CT molecular complexity index is 792. The number of thioether (sulfide) groups is 1. The third-order valence-corrected chi connectivity index (χ3v) is 6.28. The molecule has 30 heavy (non-hydrogen) atoms. The maximum Gasteiger partial charge on any atom is 0.417 e. The summed E-state index contributed by atoms with van der Waals surface area (Å²) < 4.78 is 57.3. The number of aliphatic hydroxyl groups is 2. The molecule has 0 aliphatic carbocycles. The van der Waals surface area contributed by atoms with Gasteiger partial charge in [-0.1, -0.05) is 23.9 Å². The van der Waals surface area contributed by atoms with E-state index in [9.17, 15) is 23.4 Å². The molecule has 1 aromatic carbocycles. The average Bonchev–Trinajstić information content (AvgIpc) is 3.09. The first kappa shape index (κ1) is 23.1. The van der Waals surface area contributed by atoms with Crippen molar-refractivity contribution in [1.29, 1.82) is 0 Å². The molecule has 1 aromatic rings. The van der Waals surface area contributed by atoms with E-state index in [0.29, 0.717) is 16.5 Å². The Kier molecular flexibility index (Phi) is 6.87. The standard InChI is InChI=1S/C19H25F3N2O5S/c1-9-7-10(5-6-11(9)27-4)8-28-16(19(20,21)22)15-14(26)13(25)12-17(29-15)30-18(23-12)24(2)3/h5-7,12-17,25-26H,8H2,1-4H3/t12-,13-,14+,15?,16-,17-/m1/s1. The molecule has 2 aliphatic heterocycles. The molecule has 0 spiro atoms. The number of aliphatic hydroxyl groups excluding tert-OH is 2. The van der Waals surface area contributed by atoms with Crippen molar-refractivity contribution in [3.05, 3.63) is 29.3 Å². The van der Waals surface area contributed by atoms with Crippen molar-refractivity contribution in [1.82, 2.24) is 4.90 Å². The fourth-order valence-electron chi connectivity index (χ4n) is 3.43. The van der Waals surface area contributed by atoms with Crippen LogP contribution in [-0.4, -0.2) is 83.6 Å². The fourth-order valence-corrected chi connectivity index (χ4v) is 4.58. The van der Waals surface area contributed by atoms with Crippen molar-refractivity contribution in [2.75, 3.05) is 21.2 Å². The highest BCUT2D eigenvalue weighted by molar-refractivity contribution is 8.14. The molecule has 0 aromatic heterocycles. The Morgan fingerprint density at radius 2 is 1.97 bits per heavy atom. The monoisotopic (exact) mass is 450 g/mol. The largest absolute Gasteiger partial charge is 0.496 e. The van der Waals surface area contributed by atoms with Crippen LogP contribution < -0.4 is 4.74 Å². The number of aryl methyl sites for hydroxylation is 1. The molecule has 168 valence electrons. The van der Waals surface area contributed by atoms with Gasteiger partial charge in [-0.2, -0.15) is 13.2 Å². The van der Waals surface area contributed by atoms with E-state index < -0.39 is 42.1 Å². The predicted octanol–water partition coefficient (Wildman–Crippen LogP) is 1.93. The molecule has 1 fully saturated rings. The van der Waals surface area contributed by atoms with Gasteiger partial charge in [0.2, 0.25) is 0 Å². The Morgan fingerprint density at radius 1 is 1.27 bits per heavy atom. The summed E-state index contributed by atoms with van der Waals surface area (Å²) in [6, 6.07) is 4.06. The van der Waals surface area contributed by atoms with E-state index in [2.05, 4.69) is 4.99 Å². The molecule has 2 aliphatic rings. The highest BCUT2D eigenvalue weighted by atomic mass is 32.2. The number of benzene rings is 1. The number of rotatable bonds is 5. The minimum Gasteiger partial charge on any atom is -0.496 e. The second-order valence-corrected chi connectivity index (χ2v) is 8.51.